The molecule has 30 heavy (non-hydrogen) atoms. The smallest absolute Gasteiger partial charge is 0.258 e. The maximum Gasteiger partial charge on any atom is 0.258 e. The first kappa shape index (κ1) is 21.8. The minimum absolute atomic E-state index is 0.0343. The molecule has 0 bridgehead atoms. The first-order valence-electron chi connectivity index (χ1n) is 11.2. The van der Waals surface area contributed by atoms with Gasteiger partial charge in [0, 0.05) is 11.3 Å². The van der Waals surface area contributed by atoms with Crippen LogP contribution in [0.15, 0.2) is 84.9 Å². The van der Waals surface area contributed by atoms with Gasteiger partial charge < -0.3 is 4.90 Å². The van der Waals surface area contributed by atoms with Crippen LogP contribution in [0.2, 0.25) is 0 Å². The Morgan fingerprint density at radius 2 is 1.37 bits per heavy atom. The van der Waals surface area contributed by atoms with E-state index in [0.29, 0.717) is 0 Å². The van der Waals surface area contributed by atoms with Gasteiger partial charge in [0.1, 0.15) is 0 Å². The number of unbranched alkanes of at least 4 members (excludes halogenated alkanes) is 4. The monoisotopic (exact) mass is 399 g/mol. The lowest BCUT2D eigenvalue weighted by atomic mass is 10.0. The van der Waals surface area contributed by atoms with E-state index < -0.39 is 0 Å². The molecule has 2 nitrogen and oxygen atoms in total. The summed E-state index contributed by atoms with van der Waals surface area (Å²) < 4.78 is 0. The summed E-state index contributed by atoms with van der Waals surface area (Å²) in [5.41, 5.74) is 4.08. The molecular formula is C28H33NO. The average molecular weight is 400 g/mol. The van der Waals surface area contributed by atoms with Crippen LogP contribution in [0.3, 0.4) is 0 Å². The molecule has 3 aromatic carbocycles. The fourth-order valence-electron chi connectivity index (χ4n) is 3.87. The molecule has 1 amide bonds. The van der Waals surface area contributed by atoms with Gasteiger partial charge in [-0.3, -0.25) is 4.79 Å². The predicted octanol–water partition coefficient (Wildman–Crippen LogP) is 7.61. The third-order valence-corrected chi connectivity index (χ3v) is 5.69. The van der Waals surface area contributed by atoms with Crippen molar-refractivity contribution in [3.8, 4) is 0 Å². The van der Waals surface area contributed by atoms with Crippen LogP contribution in [0.4, 0.5) is 5.69 Å². The van der Waals surface area contributed by atoms with Gasteiger partial charge >= 0.3 is 0 Å². The number of rotatable bonds is 10. The van der Waals surface area contributed by atoms with Gasteiger partial charge in [0.05, 0.1) is 6.04 Å². The summed E-state index contributed by atoms with van der Waals surface area (Å²) in [6.07, 6.45) is 7.50. The molecule has 0 aliphatic rings. The number of para-hydroxylation sites is 1. The van der Waals surface area contributed by atoms with E-state index in [9.17, 15) is 4.79 Å². The van der Waals surface area contributed by atoms with Gasteiger partial charge in [-0.1, -0.05) is 93.3 Å². The molecular weight excluding hydrogens is 366 g/mol. The fraction of sp³-hybridized carbons (Fsp3) is 0.321. The number of nitrogens with zero attached hydrogens (tertiary/aromatic N) is 1. The Kier molecular flexibility index (Phi) is 8.26. The van der Waals surface area contributed by atoms with Crippen LogP contribution in [0.5, 0.6) is 0 Å². The molecule has 0 unspecified atom stereocenters. The number of anilines is 1. The van der Waals surface area contributed by atoms with Crippen LogP contribution in [-0.4, -0.2) is 5.91 Å². The normalized spacial score (nSPS) is 11.8. The largest absolute Gasteiger partial charge is 0.301 e. The van der Waals surface area contributed by atoms with E-state index in [1.54, 1.807) is 0 Å². The first-order valence-corrected chi connectivity index (χ1v) is 11.2. The lowest BCUT2D eigenvalue weighted by Crippen LogP contribution is -2.33. The van der Waals surface area contributed by atoms with Crippen LogP contribution in [0.25, 0.3) is 0 Å². The molecule has 1 atom stereocenters. The molecule has 2 heteroatoms. The van der Waals surface area contributed by atoms with E-state index in [-0.39, 0.29) is 11.9 Å². The Balaban J connectivity index is 1.76. The van der Waals surface area contributed by atoms with E-state index in [2.05, 4.69) is 38.1 Å². The van der Waals surface area contributed by atoms with Crippen molar-refractivity contribution in [2.75, 3.05) is 4.90 Å². The molecule has 0 N–H and O–H groups in total. The van der Waals surface area contributed by atoms with Crippen molar-refractivity contribution >= 4 is 11.6 Å². The standard InChI is InChI=1S/C28H33NO/c1-3-4-5-6-9-14-24-19-21-26(22-20-24)28(30)29(27-17-12-8-13-18-27)23(2)25-15-10-7-11-16-25/h7-8,10-13,15-23H,3-6,9,14H2,1-2H3/t23-/m0/s1. The van der Waals surface area contributed by atoms with Crippen LogP contribution >= 0.6 is 0 Å². The quantitative estimate of drug-likeness (QED) is 0.321. The minimum atomic E-state index is -0.0562. The van der Waals surface area contributed by atoms with Crippen LogP contribution in [0.1, 0.15) is 73.5 Å². The second-order valence-corrected chi connectivity index (χ2v) is 7.96. The molecule has 0 saturated heterocycles. The van der Waals surface area contributed by atoms with Gasteiger partial charge in [0.25, 0.3) is 5.91 Å². The fourth-order valence-corrected chi connectivity index (χ4v) is 3.87. The molecule has 3 rings (SSSR count). The predicted molar refractivity (Wildman–Crippen MR) is 127 cm³/mol. The molecule has 0 aliphatic carbocycles. The molecule has 0 aromatic heterocycles. The highest BCUT2D eigenvalue weighted by atomic mass is 16.2. The second-order valence-electron chi connectivity index (χ2n) is 7.96. The van der Waals surface area contributed by atoms with Gasteiger partial charge in [-0.25, -0.2) is 0 Å². The Bertz CT molecular complexity index is 887. The lowest BCUT2D eigenvalue weighted by molar-refractivity contribution is 0.0978. The molecule has 156 valence electrons. The zero-order chi connectivity index (χ0) is 21.2. The van der Waals surface area contributed by atoms with Crippen molar-refractivity contribution in [2.24, 2.45) is 0 Å². The van der Waals surface area contributed by atoms with Crippen LogP contribution < -0.4 is 4.90 Å². The first-order chi connectivity index (χ1) is 14.7. The maximum atomic E-state index is 13.5. The highest BCUT2D eigenvalue weighted by Gasteiger charge is 2.24. The minimum Gasteiger partial charge on any atom is -0.301 e. The number of hydrogen-bond acceptors (Lipinski definition) is 1. The lowest BCUT2D eigenvalue weighted by Gasteiger charge is -2.30. The molecule has 3 aromatic rings. The SMILES string of the molecule is CCCCCCCc1ccc(C(=O)N(c2ccccc2)[C@@H](C)c2ccccc2)cc1. The van der Waals surface area contributed by atoms with E-state index in [1.807, 2.05) is 65.6 Å². The summed E-state index contributed by atoms with van der Waals surface area (Å²) >= 11 is 0. The van der Waals surface area contributed by atoms with Crippen molar-refractivity contribution in [2.45, 2.75) is 58.4 Å². The summed E-state index contributed by atoms with van der Waals surface area (Å²) in [5, 5.41) is 0. The van der Waals surface area contributed by atoms with E-state index in [0.717, 1.165) is 23.2 Å². The topological polar surface area (TPSA) is 20.3 Å². The van der Waals surface area contributed by atoms with Crippen LogP contribution in [-0.2, 0) is 6.42 Å². The summed E-state index contributed by atoms with van der Waals surface area (Å²) in [7, 11) is 0. The van der Waals surface area contributed by atoms with Gasteiger partial charge in [-0.2, -0.15) is 0 Å². The zero-order valence-electron chi connectivity index (χ0n) is 18.3. The molecule has 0 saturated carbocycles. The number of carbonyl (C=O) groups excluding carboxylic acids is 1. The van der Waals surface area contributed by atoms with Crippen LogP contribution in [0, 0.1) is 0 Å². The summed E-state index contributed by atoms with van der Waals surface area (Å²) in [4.78, 5) is 15.4. The Hall–Kier alpha value is -2.87. The summed E-state index contributed by atoms with van der Waals surface area (Å²) in [5.74, 6) is 0.0343. The highest BCUT2D eigenvalue weighted by Crippen LogP contribution is 2.29. The van der Waals surface area contributed by atoms with Gasteiger partial charge in [-0.05, 0) is 55.2 Å². The average Bonchev–Trinajstić information content (AvgIpc) is 2.80. The third-order valence-electron chi connectivity index (χ3n) is 5.69. The number of carbonyl (C=O) groups is 1. The second kappa shape index (κ2) is 11.3. The van der Waals surface area contributed by atoms with Crippen molar-refractivity contribution in [3.63, 3.8) is 0 Å². The molecule has 0 fully saturated rings. The van der Waals surface area contributed by atoms with Gasteiger partial charge in [-0.15, -0.1) is 0 Å². The zero-order valence-corrected chi connectivity index (χ0v) is 18.3. The number of benzene rings is 3. The van der Waals surface area contributed by atoms with E-state index >= 15 is 0 Å². The van der Waals surface area contributed by atoms with Crippen molar-refractivity contribution in [1.29, 1.82) is 0 Å². The van der Waals surface area contributed by atoms with Gasteiger partial charge in [0.15, 0.2) is 0 Å². The summed E-state index contributed by atoms with van der Waals surface area (Å²) in [6.45, 7) is 4.33. The van der Waals surface area contributed by atoms with E-state index in [4.69, 9.17) is 0 Å². The highest BCUT2D eigenvalue weighted by molar-refractivity contribution is 6.06. The molecule has 0 radical (unpaired) electrons. The maximum absolute atomic E-state index is 13.5. The molecule has 0 heterocycles. The van der Waals surface area contributed by atoms with Crippen molar-refractivity contribution in [3.05, 3.63) is 102 Å². The molecule has 0 aliphatic heterocycles. The number of amides is 1. The summed E-state index contributed by atoms with van der Waals surface area (Å²) in [6, 6.07) is 28.3. The van der Waals surface area contributed by atoms with Crippen molar-refractivity contribution in [1.82, 2.24) is 0 Å². The van der Waals surface area contributed by atoms with Crippen molar-refractivity contribution < 1.29 is 4.79 Å². The van der Waals surface area contributed by atoms with Gasteiger partial charge in [0.2, 0.25) is 0 Å². The Morgan fingerprint density at radius 3 is 2.00 bits per heavy atom. The number of hydrogen-bond donors (Lipinski definition) is 0. The number of aryl methyl sites for hydroxylation is 1. The third kappa shape index (κ3) is 5.82. The van der Waals surface area contributed by atoms with E-state index in [1.165, 1.54) is 37.7 Å². The Morgan fingerprint density at radius 1 is 0.767 bits per heavy atom. The Labute approximate surface area is 181 Å². The molecule has 0 spiro atoms.